The zero-order valence-electron chi connectivity index (χ0n) is 11.1. The van der Waals surface area contributed by atoms with Gasteiger partial charge in [-0.25, -0.2) is 8.42 Å². The predicted molar refractivity (Wildman–Crippen MR) is 83.3 cm³/mol. The van der Waals surface area contributed by atoms with E-state index >= 15 is 0 Å². The van der Waals surface area contributed by atoms with Crippen molar-refractivity contribution in [1.82, 2.24) is 4.72 Å². The molecule has 1 fully saturated rings. The number of hydrogen-bond acceptors (Lipinski definition) is 5. The first-order valence-electron chi connectivity index (χ1n) is 5.99. The van der Waals surface area contributed by atoms with Gasteiger partial charge in [-0.15, -0.1) is 0 Å². The predicted octanol–water partition coefficient (Wildman–Crippen LogP) is 1.70. The van der Waals surface area contributed by atoms with Gasteiger partial charge in [-0.05, 0) is 46.3 Å². The van der Waals surface area contributed by atoms with Crippen LogP contribution in [0.4, 0.5) is 0 Å². The van der Waals surface area contributed by atoms with E-state index in [1.807, 2.05) is 0 Å². The average Bonchev–Trinajstić information content (AvgIpc) is 2.87. The van der Waals surface area contributed by atoms with E-state index in [4.69, 9.17) is 4.74 Å². The molecule has 116 valence electrons. The Morgan fingerprint density at radius 3 is 2.71 bits per heavy atom. The summed E-state index contributed by atoms with van der Waals surface area (Å²) in [6.07, 6.45) is 0.267. The fourth-order valence-electron chi connectivity index (χ4n) is 1.99. The Bertz CT molecular complexity index is 656. The monoisotopic (exact) mass is 395 g/mol. The third-order valence-electron chi connectivity index (χ3n) is 3.19. The second-order valence-corrected chi connectivity index (χ2v) is 8.23. The molecule has 0 spiro atoms. The molecule has 2 N–H and O–H groups in total. The molecular weight excluding hydrogens is 382 g/mol. The highest BCUT2D eigenvalue weighted by Crippen LogP contribution is 2.32. The molecule has 21 heavy (non-hydrogen) atoms. The number of aliphatic carboxylic acids is 1. The smallest absolute Gasteiger partial charge is 0.325 e. The van der Waals surface area contributed by atoms with Gasteiger partial charge >= 0.3 is 5.97 Å². The largest absolute Gasteiger partial charge is 0.496 e. The minimum Gasteiger partial charge on any atom is -0.496 e. The molecule has 1 aromatic carbocycles. The number of methoxy groups -OCH3 is 1. The van der Waals surface area contributed by atoms with E-state index in [0.717, 1.165) is 0 Å². The third-order valence-corrected chi connectivity index (χ3v) is 6.54. The molecule has 0 aromatic heterocycles. The number of ether oxygens (including phenoxy) is 1. The maximum absolute atomic E-state index is 12.4. The SMILES string of the molecule is COc1ccc(S(=O)(=O)NC2(C(=O)O)CCSC2)cc1Br. The number of nitrogens with one attached hydrogen (secondary N) is 1. The van der Waals surface area contributed by atoms with Crippen LogP contribution in [-0.4, -0.2) is 43.6 Å². The summed E-state index contributed by atoms with van der Waals surface area (Å²) in [6.45, 7) is 0. The number of benzene rings is 1. The maximum atomic E-state index is 12.4. The lowest BCUT2D eigenvalue weighted by Gasteiger charge is -2.24. The van der Waals surface area contributed by atoms with Crippen LogP contribution in [0, 0.1) is 0 Å². The Kier molecular flexibility index (Phi) is 4.86. The molecule has 0 saturated carbocycles. The summed E-state index contributed by atoms with van der Waals surface area (Å²) >= 11 is 4.63. The van der Waals surface area contributed by atoms with Crippen LogP contribution in [0.25, 0.3) is 0 Å². The van der Waals surface area contributed by atoms with E-state index in [1.54, 1.807) is 0 Å². The highest BCUT2D eigenvalue weighted by Gasteiger charge is 2.45. The van der Waals surface area contributed by atoms with Crippen LogP contribution in [0.3, 0.4) is 0 Å². The van der Waals surface area contributed by atoms with E-state index in [-0.39, 0.29) is 17.1 Å². The molecular formula is C12H14BrNO5S2. The van der Waals surface area contributed by atoms with Gasteiger partial charge in [-0.3, -0.25) is 4.79 Å². The molecule has 1 aromatic rings. The normalized spacial score (nSPS) is 22.2. The number of halogens is 1. The molecule has 2 rings (SSSR count). The molecule has 0 bridgehead atoms. The molecule has 6 nitrogen and oxygen atoms in total. The molecule has 0 aliphatic carbocycles. The summed E-state index contributed by atoms with van der Waals surface area (Å²) in [5.74, 6) is 0.182. The van der Waals surface area contributed by atoms with Gasteiger partial charge in [0.15, 0.2) is 0 Å². The van der Waals surface area contributed by atoms with Gasteiger partial charge in [0.25, 0.3) is 0 Å². The van der Waals surface area contributed by atoms with Crippen LogP contribution < -0.4 is 9.46 Å². The van der Waals surface area contributed by atoms with E-state index in [1.165, 1.54) is 37.1 Å². The van der Waals surface area contributed by atoms with Crippen molar-refractivity contribution in [3.05, 3.63) is 22.7 Å². The van der Waals surface area contributed by atoms with Crippen molar-refractivity contribution in [1.29, 1.82) is 0 Å². The van der Waals surface area contributed by atoms with Crippen LogP contribution in [0.1, 0.15) is 6.42 Å². The summed E-state index contributed by atoms with van der Waals surface area (Å²) in [4.78, 5) is 11.4. The number of rotatable bonds is 5. The Hall–Kier alpha value is -0.770. The number of carboxylic acids is 1. The lowest BCUT2D eigenvalue weighted by Crippen LogP contribution is -2.54. The molecule has 9 heteroatoms. The van der Waals surface area contributed by atoms with Crippen molar-refractivity contribution >= 4 is 43.7 Å². The third kappa shape index (κ3) is 3.36. The van der Waals surface area contributed by atoms with E-state index < -0.39 is 21.5 Å². The van der Waals surface area contributed by atoms with Crippen LogP contribution in [0.5, 0.6) is 5.75 Å². The summed E-state index contributed by atoms with van der Waals surface area (Å²) in [5.41, 5.74) is -1.43. The number of carbonyl (C=O) groups is 1. The van der Waals surface area contributed by atoms with Crippen LogP contribution in [0.15, 0.2) is 27.6 Å². The molecule has 1 aliphatic heterocycles. The van der Waals surface area contributed by atoms with Gasteiger partial charge < -0.3 is 9.84 Å². The lowest BCUT2D eigenvalue weighted by atomic mass is 10.0. The first-order valence-corrected chi connectivity index (χ1v) is 9.42. The van der Waals surface area contributed by atoms with Crippen LogP contribution in [-0.2, 0) is 14.8 Å². The molecule has 0 amide bonds. The van der Waals surface area contributed by atoms with E-state index in [0.29, 0.717) is 16.0 Å². The maximum Gasteiger partial charge on any atom is 0.325 e. The molecule has 0 radical (unpaired) electrons. The van der Waals surface area contributed by atoms with Gasteiger partial charge in [0, 0.05) is 5.75 Å². The number of carboxylic acid groups (broad SMARTS) is 1. The number of hydrogen-bond donors (Lipinski definition) is 2. The van der Waals surface area contributed by atoms with E-state index in [9.17, 15) is 18.3 Å². The molecule has 1 atom stereocenters. The first-order chi connectivity index (χ1) is 9.81. The molecule has 1 saturated heterocycles. The van der Waals surface area contributed by atoms with Crippen molar-refractivity contribution in [3.63, 3.8) is 0 Å². The number of sulfonamides is 1. The van der Waals surface area contributed by atoms with Gasteiger partial charge in [0.05, 0.1) is 16.5 Å². The lowest BCUT2D eigenvalue weighted by molar-refractivity contribution is -0.142. The minimum atomic E-state index is -3.92. The van der Waals surface area contributed by atoms with Gasteiger partial charge in [-0.1, -0.05) is 0 Å². The van der Waals surface area contributed by atoms with Crippen LogP contribution in [0.2, 0.25) is 0 Å². The Morgan fingerprint density at radius 2 is 2.24 bits per heavy atom. The first kappa shape index (κ1) is 16.6. The fourth-order valence-corrected chi connectivity index (χ4v) is 5.51. The second-order valence-electron chi connectivity index (χ2n) is 4.59. The summed E-state index contributed by atoms with van der Waals surface area (Å²) < 4.78 is 32.7. The second kappa shape index (κ2) is 6.15. The van der Waals surface area contributed by atoms with Crippen molar-refractivity contribution in [2.45, 2.75) is 16.9 Å². The van der Waals surface area contributed by atoms with Crippen LogP contribution >= 0.6 is 27.7 Å². The molecule has 1 aliphatic rings. The van der Waals surface area contributed by atoms with Crippen molar-refractivity contribution in [3.8, 4) is 5.75 Å². The van der Waals surface area contributed by atoms with Gasteiger partial charge in [0.2, 0.25) is 10.0 Å². The summed E-state index contributed by atoms with van der Waals surface area (Å²) in [5, 5.41) is 9.34. The Balaban J connectivity index is 2.34. The van der Waals surface area contributed by atoms with Crippen molar-refractivity contribution < 1.29 is 23.1 Å². The van der Waals surface area contributed by atoms with Crippen molar-refractivity contribution in [2.75, 3.05) is 18.6 Å². The fraction of sp³-hybridized carbons (Fsp3) is 0.417. The quantitative estimate of drug-likeness (QED) is 0.787. The average molecular weight is 396 g/mol. The summed E-state index contributed by atoms with van der Waals surface area (Å²) in [6, 6.07) is 4.28. The Morgan fingerprint density at radius 1 is 1.52 bits per heavy atom. The standard InChI is InChI=1S/C12H14BrNO5S2/c1-19-10-3-2-8(6-9(10)13)21(17,18)14-12(11(15)16)4-5-20-7-12/h2-3,6,14H,4-5,7H2,1H3,(H,15,16). The zero-order valence-corrected chi connectivity index (χ0v) is 14.3. The molecule has 1 heterocycles. The highest BCUT2D eigenvalue weighted by molar-refractivity contribution is 9.10. The minimum absolute atomic E-state index is 0.00676. The topological polar surface area (TPSA) is 92.7 Å². The number of thioether (sulfide) groups is 1. The summed E-state index contributed by atoms with van der Waals surface area (Å²) in [7, 11) is -2.45. The van der Waals surface area contributed by atoms with Crippen molar-refractivity contribution in [2.24, 2.45) is 0 Å². The van der Waals surface area contributed by atoms with Gasteiger partial charge in [0.1, 0.15) is 11.3 Å². The Labute approximate surface area is 135 Å². The van der Waals surface area contributed by atoms with Gasteiger partial charge in [-0.2, -0.15) is 16.5 Å². The zero-order chi connectivity index (χ0) is 15.7. The highest BCUT2D eigenvalue weighted by atomic mass is 79.9. The molecule has 1 unspecified atom stereocenters. The van der Waals surface area contributed by atoms with E-state index in [2.05, 4.69) is 20.7 Å².